The second kappa shape index (κ2) is 7.09. The minimum atomic E-state index is -0.993. The average Bonchev–Trinajstić information content (AvgIpc) is 3.53. The van der Waals surface area contributed by atoms with Crippen LogP contribution in [0.5, 0.6) is 0 Å². The molecule has 164 valence electrons. The zero-order valence-electron chi connectivity index (χ0n) is 17.8. The fourth-order valence-corrected chi connectivity index (χ4v) is 6.15. The van der Waals surface area contributed by atoms with Crippen molar-refractivity contribution in [2.24, 2.45) is 11.3 Å². The van der Waals surface area contributed by atoms with Crippen LogP contribution in [0.4, 0.5) is 4.39 Å². The number of aliphatic hydroxyl groups excluding tert-OH is 1. The van der Waals surface area contributed by atoms with Crippen LogP contribution in [-0.2, 0) is 6.42 Å². The highest BCUT2D eigenvalue weighted by Gasteiger charge is 2.64. The number of pyridine rings is 1. The molecule has 0 aliphatic heterocycles. The second-order valence-corrected chi connectivity index (χ2v) is 9.54. The SMILES string of the molecule is OC(C[C@]1(O)CCC2=Cc3c(cnn3-c3ccc(F)cc3)C[C@@]21C1CC1)c1ccccn1. The Bertz CT molecular complexity index is 1190. The lowest BCUT2D eigenvalue weighted by Gasteiger charge is -2.46. The molecule has 0 radical (unpaired) electrons. The molecule has 2 aromatic heterocycles. The predicted molar refractivity (Wildman–Crippen MR) is 118 cm³/mol. The van der Waals surface area contributed by atoms with Gasteiger partial charge < -0.3 is 10.2 Å². The monoisotopic (exact) mass is 431 g/mol. The maximum absolute atomic E-state index is 13.4. The average molecular weight is 432 g/mol. The van der Waals surface area contributed by atoms with E-state index in [2.05, 4.69) is 16.2 Å². The van der Waals surface area contributed by atoms with Crippen molar-refractivity contribution in [3.05, 3.63) is 83.2 Å². The van der Waals surface area contributed by atoms with Crippen LogP contribution in [0.3, 0.4) is 0 Å². The van der Waals surface area contributed by atoms with Crippen LogP contribution in [-0.4, -0.2) is 30.6 Å². The molecular weight excluding hydrogens is 405 g/mol. The van der Waals surface area contributed by atoms with Gasteiger partial charge in [-0.15, -0.1) is 0 Å². The van der Waals surface area contributed by atoms with E-state index < -0.39 is 11.7 Å². The molecule has 1 aromatic carbocycles. The number of hydrogen-bond acceptors (Lipinski definition) is 4. The molecule has 3 aliphatic carbocycles. The van der Waals surface area contributed by atoms with Gasteiger partial charge in [0.15, 0.2) is 0 Å². The molecule has 0 amide bonds. The number of halogens is 1. The van der Waals surface area contributed by atoms with E-state index in [-0.39, 0.29) is 17.7 Å². The van der Waals surface area contributed by atoms with E-state index in [4.69, 9.17) is 0 Å². The molecule has 2 heterocycles. The molecule has 2 fully saturated rings. The van der Waals surface area contributed by atoms with Crippen molar-refractivity contribution in [3.8, 4) is 5.69 Å². The van der Waals surface area contributed by atoms with Gasteiger partial charge in [0, 0.05) is 18.0 Å². The molecule has 3 atom stereocenters. The summed E-state index contributed by atoms with van der Waals surface area (Å²) >= 11 is 0. The van der Waals surface area contributed by atoms with Crippen molar-refractivity contribution in [1.29, 1.82) is 0 Å². The Hall–Kier alpha value is -2.83. The Labute approximate surface area is 186 Å². The molecule has 2 saturated carbocycles. The third-order valence-electron chi connectivity index (χ3n) is 7.78. The second-order valence-electron chi connectivity index (χ2n) is 9.54. The summed E-state index contributed by atoms with van der Waals surface area (Å²) in [4.78, 5) is 4.30. The predicted octanol–water partition coefficient (Wildman–Crippen LogP) is 4.39. The van der Waals surface area contributed by atoms with Gasteiger partial charge in [-0.1, -0.05) is 11.6 Å². The topological polar surface area (TPSA) is 71.2 Å². The minimum absolute atomic E-state index is 0.270. The molecule has 0 saturated heterocycles. The van der Waals surface area contributed by atoms with Crippen molar-refractivity contribution in [2.45, 2.75) is 50.2 Å². The Balaban J connectivity index is 1.38. The van der Waals surface area contributed by atoms with E-state index in [1.165, 1.54) is 17.7 Å². The van der Waals surface area contributed by atoms with Crippen molar-refractivity contribution >= 4 is 6.08 Å². The molecule has 3 aromatic rings. The van der Waals surface area contributed by atoms with Crippen LogP contribution in [0.1, 0.15) is 55.2 Å². The summed E-state index contributed by atoms with van der Waals surface area (Å²) in [5.41, 5.74) is 3.42. The number of rotatable bonds is 5. The van der Waals surface area contributed by atoms with Gasteiger partial charge in [0.25, 0.3) is 0 Å². The van der Waals surface area contributed by atoms with E-state index in [0.29, 0.717) is 24.5 Å². The highest BCUT2D eigenvalue weighted by atomic mass is 19.1. The number of hydrogen-bond donors (Lipinski definition) is 2. The Morgan fingerprint density at radius 3 is 2.69 bits per heavy atom. The van der Waals surface area contributed by atoms with Crippen LogP contribution < -0.4 is 0 Å². The van der Waals surface area contributed by atoms with E-state index in [0.717, 1.165) is 36.2 Å². The van der Waals surface area contributed by atoms with Gasteiger partial charge in [-0.3, -0.25) is 4.98 Å². The van der Waals surface area contributed by atoms with Crippen molar-refractivity contribution < 1.29 is 14.6 Å². The summed E-state index contributed by atoms with van der Waals surface area (Å²) in [6, 6.07) is 11.9. The Morgan fingerprint density at radius 1 is 1.16 bits per heavy atom. The Morgan fingerprint density at radius 2 is 1.97 bits per heavy atom. The molecule has 32 heavy (non-hydrogen) atoms. The number of aliphatic hydroxyl groups is 2. The van der Waals surface area contributed by atoms with Crippen LogP contribution in [0.2, 0.25) is 0 Å². The van der Waals surface area contributed by atoms with Gasteiger partial charge in [0.1, 0.15) is 5.82 Å². The smallest absolute Gasteiger partial charge is 0.123 e. The van der Waals surface area contributed by atoms with E-state index in [1.807, 2.05) is 29.1 Å². The summed E-state index contributed by atoms with van der Waals surface area (Å²) in [6.45, 7) is 0. The summed E-state index contributed by atoms with van der Waals surface area (Å²) in [5, 5.41) is 27.6. The normalized spacial score (nSPS) is 27.5. The van der Waals surface area contributed by atoms with Gasteiger partial charge >= 0.3 is 0 Å². The van der Waals surface area contributed by atoms with Crippen LogP contribution in [0, 0.1) is 17.2 Å². The first-order valence-electron chi connectivity index (χ1n) is 11.4. The zero-order valence-corrected chi connectivity index (χ0v) is 17.8. The molecule has 6 rings (SSSR count). The van der Waals surface area contributed by atoms with Crippen molar-refractivity contribution in [2.75, 3.05) is 0 Å². The maximum Gasteiger partial charge on any atom is 0.123 e. The third kappa shape index (κ3) is 2.90. The molecule has 1 unspecified atom stereocenters. The highest BCUT2D eigenvalue weighted by Crippen LogP contribution is 2.66. The Kier molecular flexibility index (Phi) is 4.39. The molecule has 3 aliphatic rings. The molecular formula is C26H26FN3O2. The fourth-order valence-electron chi connectivity index (χ4n) is 6.15. The molecule has 0 spiro atoms. The lowest BCUT2D eigenvalue weighted by Crippen LogP contribution is -2.49. The molecule has 5 nitrogen and oxygen atoms in total. The standard InChI is InChI=1S/C26H26FN3O2/c27-20-6-8-21(9-7-20)30-23-13-19-10-11-25(32,15-24(31)22-3-1-2-12-28-22)26(19,18-4-5-18)14-17(23)16-29-30/h1-3,6-9,12-13,16,18,24,31-32H,4-5,10-11,14-15H2/t24?,25-,26-/m1/s1. The summed E-state index contributed by atoms with van der Waals surface area (Å²) in [5.74, 6) is 0.146. The van der Waals surface area contributed by atoms with E-state index >= 15 is 0 Å². The summed E-state index contributed by atoms with van der Waals surface area (Å²) < 4.78 is 15.3. The summed E-state index contributed by atoms with van der Waals surface area (Å²) in [7, 11) is 0. The quantitative estimate of drug-likeness (QED) is 0.629. The fraction of sp³-hybridized carbons (Fsp3) is 0.385. The number of fused-ring (bicyclic) bond motifs is 2. The first-order valence-corrected chi connectivity index (χ1v) is 11.4. The van der Waals surface area contributed by atoms with Crippen molar-refractivity contribution in [3.63, 3.8) is 0 Å². The lowest BCUT2D eigenvalue weighted by molar-refractivity contribution is -0.0911. The lowest BCUT2D eigenvalue weighted by atomic mass is 9.61. The number of aromatic nitrogens is 3. The zero-order chi connectivity index (χ0) is 21.9. The first kappa shape index (κ1) is 19.8. The third-order valence-corrected chi connectivity index (χ3v) is 7.78. The van der Waals surface area contributed by atoms with E-state index in [1.54, 1.807) is 18.3 Å². The van der Waals surface area contributed by atoms with Crippen molar-refractivity contribution in [1.82, 2.24) is 14.8 Å². The molecule has 0 bridgehead atoms. The van der Waals surface area contributed by atoms with Gasteiger partial charge in [-0.2, -0.15) is 5.10 Å². The maximum atomic E-state index is 13.4. The van der Waals surface area contributed by atoms with Crippen LogP contribution in [0.15, 0.2) is 60.4 Å². The molecule has 2 N–H and O–H groups in total. The summed E-state index contributed by atoms with van der Waals surface area (Å²) in [6.07, 6.45) is 9.56. The number of nitrogens with zero attached hydrogens (tertiary/aromatic N) is 3. The largest absolute Gasteiger partial charge is 0.389 e. The van der Waals surface area contributed by atoms with Gasteiger partial charge in [0.2, 0.25) is 0 Å². The minimum Gasteiger partial charge on any atom is -0.389 e. The highest BCUT2D eigenvalue weighted by molar-refractivity contribution is 5.63. The molecule has 6 heteroatoms. The van der Waals surface area contributed by atoms with E-state index in [9.17, 15) is 14.6 Å². The van der Waals surface area contributed by atoms with Crippen LogP contribution >= 0.6 is 0 Å². The first-order chi connectivity index (χ1) is 15.5. The van der Waals surface area contributed by atoms with Gasteiger partial charge in [-0.25, -0.2) is 9.07 Å². The van der Waals surface area contributed by atoms with Crippen LogP contribution in [0.25, 0.3) is 11.8 Å². The number of benzene rings is 1. The van der Waals surface area contributed by atoms with Gasteiger partial charge in [0.05, 0.1) is 35.0 Å². The van der Waals surface area contributed by atoms with Gasteiger partial charge in [-0.05, 0) is 86.1 Å².